The summed E-state index contributed by atoms with van der Waals surface area (Å²) in [6.45, 7) is 3.45. The number of nitro groups is 1. The molecule has 0 saturated heterocycles. The quantitative estimate of drug-likeness (QED) is 0.459. The molecule has 1 rings (SSSR count). The fourth-order valence-electron chi connectivity index (χ4n) is 1.41. The number of hydrogen-bond acceptors (Lipinski definition) is 6. The van der Waals surface area contributed by atoms with Gasteiger partial charge in [-0.3, -0.25) is 10.1 Å². The highest BCUT2D eigenvalue weighted by Crippen LogP contribution is 2.19. The molecule has 1 aromatic rings. The molecule has 0 aromatic heterocycles. The number of nitro benzene ring substituents is 1. The molecule has 0 N–H and O–H groups in total. The van der Waals surface area contributed by atoms with Crippen LogP contribution < -0.4 is 0 Å². The minimum absolute atomic E-state index is 0.0501. The predicted octanol–water partition coefficient (Wildman–Crippen LogP) is 1.95. The Morgan fingerprint density at radius 3 is 2.11 bits per heavy atom. The molecule has 0 atom stereocenters. The average Bonchev–Trinajstić information content (AvgIpc) is 2.38. The molecule has 0 saturated carbocycles. The van der Waals surface area contributed by atoms with Gasteiger partial charge in [-0.25, -0.2) is 9.59 Å². The van der Waals surface area contributed by atoms with Crippen molar-refractivity contribution in [3.63, 3.8) is 0 Å². The maximum Gasteiger partial charge on any atom is 0.339 e. The largest absolute Gasteiger partial charge is 0.462 e. The van der Waals surface area contributed by atoms with Gasteiger partial charge in [0.2, 0.25) is 0 Å². The summed E-state index contributed by atoms with van der Waals surface area (Å²) in [7, 11) is 0. The van der Waals surface area contributed by atoms with Crippen molar-refractivity contribution in [3.05, 3.63) is 39.4 Å². The Morgan fingerprint density at radius 1 is 1.11 bits per heavy atom. The highest BCUT2D eigenvalue weighted by atomic mass is 16.6. The van der Waals surface area contributed by atoms with E-state index in [0.29, 0.717) is 0 Å². The lowest BCUT2D eigenvalue weighted by Gasteiger charge is -2.08. The molecule has 0 unspecified atom stereocenters. The molecular formula is C12H13NO6. The number of hydrogen-bond donors (Lipinski definition) is 0. The lowest BCUT2D eigenvalue weighted by atomic mass is 10.1. The van der Waals surface area contributed by atoms with E-state index in [0.717, 1.165) is 12.1 Å². The highest BCUT2D eigenvalue weighted by Gasteiger charge is 2.22. The van der Waals surface area contributed by atoms with Crippen LogP contribution in [0.25, 0.3) is 0 Å². The van der Waals surface area contributed by atoms with E-state index < -0.39 is 16.9 Å². The number of carbonyl (C=O) groups excluding carboxylic acids is 2. The number of esters is 2. The van der Waals surface area contributed by atoms with Crippen LogP contribution in [0.2, 0.25) is 0 Å². The lowest BCUT2D eigenvalue weighted by Crippen LogP contribution is -2.14. The van der Waals surface area contributed by atoms with Crippen molar-refractivity contribution in [3.8, 4) is 0 Å². The normalized spacial score (nSPS) is 9.79. The third kappa shape index (κ3) is 3.51. The number of carbonyl (C=O) groups is 2. The second-order valence-corrected chi connectivity index (χ2v) is 3.43. The van der Waals surface area contributed by atoms with E-state index in [4.69, 9.17) is 9.47 Å². The van der Waals surface area contributed by atoms with Gasteiger partial charge in [0.25, 0.3) is 5.69 Å². The van der Waals surface area contributed by atoms with Crippen LogP contribution in [0.4, 0.5) is 5.69 Å². The molecule has 0 spiro atoms. The third-order valence-corrected chi connectivity index (χ3v) is 2.20. The zero-order valence-electron chi connectivity index (χ0n) is 10.5. The van der Waals surface area contributed by atoms with Crippen molar-refractivity contribution in [2.24, 2.45) is 0 Å². The Kier molecular flexibility index (Phi) is 4.99. The molecule has 0 amide bonds. The van der Waals surface area contributed by atoms with Gasteiger partial charge in [-0.1, -0.05) is 0 Å². The predicted molar refractivity (Wildman–Crippen MR) is 65.0 cm³/mol. The first kappa shape index (κ1) is 14.6. The first-order valence-corrected chi connectivity index (χ1v) is 5.63. The van der Waals surface area contributed by atoms with Crippen molar-refractivity contribution >= 4 is 17.6 Å². The smallest absolute Gasteiger partial charge is 0.339 e. The van der Waals surface area contributed by atoms with Crippen LogP contribution in [0, 0.1) is 10.1 Å². The Bertz CT molecular complexity index is 511. The van der Waals surface area contributed by atoms with E-state index in [1.165, 1.54) is 6.07 Å². The van der Waals surface area contributed by atoms with Gasteiger partial charge < -0.3 is 9.47 Å². The second-order valence-electron chi connectivity index (χ2n) is 3.43. The van der Waals surface area contributed by atoms with Crippen molar-refractivity contribution in [1.29, 1.82) is 0 Å². The molecule has 0 aliphatic carbocycles. The molecule has 1 aromatic carbocycles. The second kappa shape index (κ2) is 6.48. The van der Waals surface area contributed by atoms with Gasteiger partial charge in [-0.2, -0.15) is 0 Å². The summed E-state index contributed by atoms with van der Waals surface area (Å²) in [6, 6.07) is 3.32. The third-order valence-electron chi connectivity index (χ3n) is 2.20. The summed E-state index contributed by atoms with van der Waals surface area (Å²) < 4.78 is 9.54. The van der Waals surface area contributed by atoms with Gasteiger partial charge in [0.15, 0.2) is 0 Å². The molecule has 0 fully saturated rings. The molecule has 0 radical (unpaired) electrons. The highest BCUT2D eigenvalue weighted by molar-refractivity contribution is 6.03. The van der Waals surface area contributed by atoms with Gasteiger partial charge >= 0.3 is 11.9 Å². The van der Waals surface area contributed by atoms with E-state index in [2.05, 4.69) is 0 Å². The SMILES string of the molecule is CCOC(=O)c1ccc([N+](=O)[O-])cc1C(=O)OCC. The van der Waals surface area contributed by atoms with Crippen molar-refractivity contribution in [2.75, 3.05) is 13.2 Å². The van der Waals surface area contributed by atoms with Crippen LogP contribution in [0.5, 0.6) is 0 Å². The Labute approximate surface area is 109 Å². The zero-order valence-corrected chi connectivity index (χ0v) is 10.5. The molecular weight excluding hydrogens is 254 g/mol. The van der Waals surface area contributed by atoms with E-state index in [-0.39, 0.29) is 30.0 Å². The molecule has 19 heavy (non-hydrogen) atoms. The van der Waals surface area contributed by atoms with E-state index in [9.17, 15) is 19.7 Å². The van der Waals surface area contributed by atoms with Crippen LogP contribution >= 0.6 is 0 Å². The van der Waals surface area contributed by atoms with E-state index in [1.54, 1.807) is 13.8 Å². The number of non-ortho nitro benzene ring substituents is 1. The molecule has 0 aliphatic heterocycles. The van der Waals surface area contributed by atoms with Gasteiger partial charge in [0.1, 0.15) is 0 Å². The van der Waals surface area contributed by atoms with Crippen LogP contribution in [0.15, 0.2) is 18.2 Å². The minimum Gasteiger partial charge on any atom is -0.462 e. The van der Waals surface area contributed by atoms with E-state index >= 15 is 0 Å². The Balaban J connectivity index is 3.26. The van der Waals surface area contributed by atoms with Gasteiger partial charge in [-0.15, -0.1) is 0 Å². The van der Waals surface area contributed by atoms with Crippen LogP contribution in [-0.2, 0) is 9.47 Å². The summed E-state index contributed by atoms with van der Waals surface area (Å²) in [4.78, 5) is 33.4. The van der Waals surface area contributed by atoms with Crippen molar-refractivity contribution in [2.45, 2.75) is 13.8 Å². The summed E-state index contributed by atoms with van der Waals surface area (Å²) in [5.74, 6) is -1.52. The molecule has 102 valence electrons. The monoisotopic (exact) mass is 267 g/mol. The average molecular weight is 267 g/mol. The maximum absolute atomic E-state index is 11.7. The van der Waals surface area contributed by atoms with Gasteiger partial charge in [-0.05, 0) is 19.9 Å². The summed E-state index contributed by atoms with van der Waals surface area (Å²) >= 11 is 0. The van der Waals surface area contributed by atoms with Crippen LogP contribution in [-0.4, -0.2) is 30.1 Å². The summed E-state index contributed by atoms with van der Waals surface area (Å²) in [5.41, 5.74) is -0.517. The number of nitrogens with zero attached hydrogens (tertiary/aromatic N) is 1. The molecule has 0 bridgehead atoms. The van der Waals surface area contributed by atoms with Crippen LogP contribution in [0.1, 0.15) is 34.6 Å². The molecule has 7 nitrogen and oxygen atoms in total. The zero-order chi connectivity index (χ0) is 14.4. The molecule has 0 aliphatic rings. The lowest BCUT2D eigenvalue weighted by molar-refractivity contribution is -0.384. The summed E-state index contributed by atoms with van der Waals surface area (Å²) in [5, 5.41) is 10.7. The summed E-state index contributed by atoms with van der Waals surface area (Å²) in [6.07, 6.45) is 0. The minimum atomic E-state index is -0.797. The Hall–Kier alpha value is -2.44. The van der Waals surface area contributed by atoms with Crippen LogP contribution in [0.3, 0.4) is 0 Å². The standard InChI is InChI=1S/C12H13NO6/c1-3-18-11(14)9-6-5-8(13(16)17)7-10(9)12(15)19-4-2/h5-7H,3-4H2,1-2H3. The number of ether oxygens (including phenoxy) is 2. The topological polar surface area (TPSA) is 95.7 Å². The maximum atomic E-state index is 11.7. The number of benzene rings is 1. The van der Waals surface area contributed by atoms with E-state index in [1.807, 2.05) is 0 Å². The Morgan fingerprint density at radius 2 is 1.63 bits per heavy atom. The first-order chi connectivity index (χ1) is 9.01. The first-order valence-electron chi connectivity index (χ1n) is 5.63. The molecule has 7 heteroatoms. The van der Waals surface area contributed by atoms with Crippen molar-refractivity contribution in [1.82, 2.24) is 0 Å². The van der Waals surface area contributed by atoms with Gasteiger partial charge in [0, 0.05) is 12.1 Å². The fraction of sp³-hybridized carbons (Fsp3) is 0.333. The fourth-order valence-corrected chi connectivity index (χ4v) is 1.41. The van der Waals surface area contributed by atoms with Gasteiger partial charge in [0.05, 0.1) is 29.3 Å². The molecule has 0 heterocycles. The van der Waals surface area contributed by atoms with Crippen molar-refractivity contribution < 1.29 is 24.0 Å². The number of rotatable bonds is 5.